The molecule has 1 rings (SSSR count). The predicted molar refractivity (Wildman–Crippen MR) is 67.0 cm³/mol. The molecule has 5 heteroatoms. The molecule has 0 bridgehead atoms. The van der Waals surface area contributed by atoms with Gasteiger partial charge >= 0.3 is 0 Å². The molecule has 0 aromatic carbocycles. The van der Waals surface area contributed by atoms with Crippen LogP contribution in [0.15, 0.2) is 18.3 Å². The van der Waals surface area contributed by atoms with Crippen LogP contribution in [-0.4, -0.2) is 37.7 Å². The van der Waals surface area contributed by atoms with Crippen molar-refractivity contribution >= 4 is 11.7 Å². The van der Waals surface area contributed by atoms with Crippen molar-refractivity contribution in [2.24, 2.45) is 0 Å². The number of hydrogen-bond donors (Lipinski definition) is 2. The van der Waals surface area contributed by atoms with Crippen LogP contribution in [0.2, 0.25) is 0 Å². The van der Waals surface area contributed by atoms with Crippen molar-refractivity contribution in [3.63, 3.8) is 0 Å². The monoisotopic (exact) mass is 237 g/mol. The van der Waals surface area contributed by atoms with Crippen molar-refractivity contribution in [1.82, 2.24) is 10.3 Å². The van der Waals surface area contributed by atoms with Crippen LogP contribution in [0.4, 0.5) is 5.82 Å². The molecule has 94 valence electrons. The van der Waals surface area contributed by atoms with E-state index in [0.29, 0.717) is 26.1 Å². The number of nitrogens with zero attached hydrogens (tertiary/aromatic N) is 1. The summed E-state index contributed by atoms with van der Waals surface area (Å²) in [4.78, 5) is 15.6. The van der Waals surface area contributed by atoms with Crippen LogP contribution < -0.4 is 10.6 Å². The Bertz CT molecular complexity index is 355. The summed E-state index contributed by atoms with van der Waals surface area (Å²) in [6, 6.07) is 3.87. The van der Waals surface area contributed by atoms with Gasteiger partial charge in [0.2, 0.25) is 5.91 Å². The molecule has 0 radical (unpaired) electrons. The fourth-order valence-electron chi connectivity index (χ4n) is 1.35. The Labute approximate surface area is 102 Å². The quantitative estimate of drug-likeness (QED) is 0.693. The van der Waals surface area contributed by atoms with Gasteiger partial charge in [-0.1, -0.05) is 6.07 Å². The van der Waals surface area contributed by atoms with Gasteiger partial charge in [-0.3, -0.25) is 4.79 Å². The van der Waals surface area contributed by atoms with Crippen LogP contribution in [0, 0.1) is 6.92 Å². The van der Waals surface area contributed by atoms with Crippen LogP contribution >= 0.6 is 0 Å². The Morgan fingerprint density at radius 1 is 1.47 bits per heavy atom. The van der Waals surface area contributed by atoms with Crippen LogP contribution in [-0.2, 0) is 9.53 Å². The highest BCUT2D eigenvalue weighted by molar-refractivity contribution is 5.76. The second kappa shape index (κ2) is 7.62. The number of rotatable bonds is 7. The smallest absolute Gasteiger partial charge is 0.221 e. The van der Waals surface area contributed by atoms with E-state index in [2.05, 4.69) is 15.6 Å². The highest BCUT2D eigenvalue weighted by Crippen LogP contribution is 2.08. The number of carbonyl (C=O) groups is 1. The Hall–Kier alpha value is -1.62. The minimum absolute atomic E-state index is 0.0168. The fraction of sp³-hybridized carbons (Fsp3) is 0.500. The Morgan fingerprint density at radius 3 is 3.00 bits per heavy atom. The molecular weight excluding hydrogens is 218 g/mol. The van der Waals surface area contributed by atoms with Crippen LogP contribution in [0.25, 0.3) is 0 Å². The summed E-state index contributed by atoms with van der Waals surface area (Å²) >= 11 is 0. The molecule has 0 spiro atoms. The number of ether oxygens (including phenoxy) is 1. The van der Waals surface area contributed by atoms with Crippen LogP contribution in [0.3, 0.4) is 0 Å². The molecule has 0 aliphatic heterocycles. The van der Waals surface area contributed by atoms with Gasteiger partial charge in [-0.2, -0.15) is 0 Å². The first-order chi connectivity index (χ1) is 8.24. The number of amides is 1. The third-order valence-electron chi connectivity index (χ3n) is 2.28. The van der Waals surface area contributed by atoms with Gasteiger partial charge in [0.1, 0.15) is 5.82 Å². The maximum atomic E-state index is 11.4. The molecule has 5 nitrogen and oxygen atoms in total. The van der Waals surface area contributed by atoms with Crippen molar-refractivity contribution < 1.29 is 9.53 Å². The number of pyridine rings is 1. The van der Waals surface area contributed by atoms with E-state index in [1.54, 1.807) is 13.3 Å². The van der Waals surface area contributed by atoms with Gasteiger partial charge in [-0.25, -0.2) is 4.98 Å². The van der Waals surface area contributed by atoms with Gasteiger partial charge in [0, 0.05) is 32.8 Å². The zero-order valence-corrected chi connectivity index (χ0v) is 10.3. The highest BCUT2D eigenvalue weighted by atomic mass is 16.5. The molecule has 1 heterocycles. The average Bonchev–Trinajstić information content (AvgIpc) is 2.32. The standard InChI is InChI=1S/C12H19N3O2/c1-10-4-3-6-14-12(10)15-7-5-11(16)13-8-9-17-2/h3-4,6H,5,7-9H2,1-2H3,(H,13,16)(H,14,15). The Morgan fingerprint density at radius 2 is 2.29 bits per heavy atom. The average molecular weight is 237 g/mol. The van der Waals surface area contributed by atoms with E-state index < -0.39 is 0 Å². The normalized spacial score (nSPS) is 10.0. The van der Waals surface area contributed by atoms with E-state index in [1.165, 1.54) is 0 Å². The van der Waals surface area contributed by atoms with Crippen molar-refractivity contribution in [3.8, 4) is 0 Å². The van der Waals surface area contributed by atoms with E-state index in [-0.39, 0.29) is 5.91 Å². The summed E-state index contributed by atoms with van der Waals surface area (Å²) in [6.45, 7) is 3.65. The molecule has 0 saturated heterocycles. The largest absolute Gasteiger partial charge is 0.383 e. The highest BCUT2D eigenvalue weighted by Gasteiger charge is 2.01. The first-order valence-corrected chi connectivity index (χ1v) is 5.65. The number of aryl methyl sites for hydroxylation is 1. The first-order valence-electron chi connectivity index (χ1n) is 5.65. The molecule has 1 amide bonds. The summed E-state index contributed by atoms with van der Waals surface area (Å²) in [5, 5.41) is 5.89. The molecular formula is C12H19N3O2. The molecule has 1 aromatic rings. The van der Waals surface area contributed by atoms with E-state index in [4.69, 9.17) is 4.74 Å². The van der Waals surface area contributed by atoms with E-state index >= 15 is 0 Å². The van der Waals surface area contributed by atoms with E-state index in [0.717, 1.165) is 11.4 Å². The van der Waals surface area contributed by atoms with E-state index in [9.17, 15) is 4.79 Å². The number of anilines is 1. The molecule has 1 aromatic heterocycles. The second-order valence-corrected chi connectivity index (χ2v) is 3.69. The van der Waals surface area contributed by atoms with Gasteiger partial charge in [0.15, 0.2) is 0 Å². The lowest BCUT2D eigenvalue weighted by atomic mass is 10.3. The lowest BCUT2D eigenvalue weighted by Gasteiger charge is -2.08. The number of hydrogen-bond acceptors (Lipinski definition) is 4. The molecule has 0 fully saturated rings. The maximum absolute atomic E-state index is 11.4. The Kier molecular flexibility index (Phi) is 6.03. The molecule has 0 aliphatic carbocycles. The second-order valence-electron chi connectivity index (χ2n) is 3.69. The zero-order chi connectivity index (χ0) is 12.5. The third kappa shape index (κ3) is 5.31. The summed E-state index contributed by atoms with van der Waals surface area (Å²) in [5.41, 5.74) is 1.08. The fourth-order valence-corrected chi connectivity index (χ4v) is 1.35. The number of methoxy groups -OCH3 is 1. The van der Waals surface area contributed by atoms with Crippen molar-refractivity contribution in [1.29, 1.82) is 0 Å². The summed E-state index contributed by atoms with van der Waals surface area (Å²) < 4.78 is 4.84. The maximum Gasteiger partial charge on any atom is 0.221 e. The summed E-state index contributed by atoms with van der Waals surface area (Å²) in [7, 11) is 1.61. The SMILES string of the molecule is COCCNC(=O)CCNc1ncccc1C. The summed E-state index contributed by atoms with van der Waals surface area (Å²) in [6.07, 6.45) is 2.16. The molecule has 0 atom stereocenters. The lowest BCUT2D eigenvalue weighted by molar-refractivity contribution is -0.121. The van der Waals surface area contributed by atoms with Gasteiger partial charge in [-0.15, -0.1) is 0 Å². The van der Waals surface area contributed by atoms with Gasteiger partial charge < -0.3 is 15.4 Å². The lowest BCUT2D eigenvalue weighted by Crippen LogP contribution is -2.28. The van der Waals surface area contributed by atoms with Crippen molar-refractivity contribution in [2.45, 2.75) is 13.3 Å². The molecule has 0 unspecified atom stereocenters. The van der Waals surface area contributed by atoms with E-state index in [1.807, 2.05) is 19.1 Å². The number of carbonyl (C=O) groups excluding carboxylic acids is 1. The minimum Gasteiger partial charge on any atom is -0.383 e. The molecule has 0 aliphatic rings. The molecule has 0 saturated carbocycles. The minimum atomic E-state index is 0.0168. The van der Waals surface area contributed by atoms with Gasteiger partial charge in [0.25, 0.3) is 0 Å². The molecule has 17 heavy (non-hydrogen) atoms. The summed E-state index contributed by atoms with van der Waals surface area (Å²) in [5.74, 6) is 0.848. The molecule has 2 N–H and O–H groups in total. The van der Waals surface area contributed by atoms with Gasteiger partial charge in [0.05, 0.1) is 6.61 Å². The number of aromatic nitrogens is 1. The van der Waals surface area contributed by atoms with Gasteiger partial charge in [-0.05, 0) is 18.6 Å². The van der Waals surface area contributed by atoms with Crippen molar-refractivity contribution in [2.75, 3.05) is 32.1 Å². The Balaban J connectivity index is 2.19. The topological polar surface area (TPSA) is 63.2 Å². The van der Waals surface area contributed by atoms with Crippen LogP contribution in [0.1, 0.15) is 12.0 Å². The predicted octanol–water partition coefficient (Wildman–Crippen LogP) is 0.955. The van der Waals surface area contributed by atoms with Crippen molar-refractivity contribution in [3.05, 3.63) is 23.9 Å². The first kappa shape index (κ1) is 13.4. The number of nitrogens with one attached hydrogen (secondary N) is 2. The zero-order valence-electron chi connectivity index (χ0n) is 10.3. The van der Waals surface area contributed by atoms with Crippen LogP contribution in [0.5, 0.6) is 0 Å². The third-order valence-corrected chi connectivity index (χ3v) is 2.28.